The molecule has 0 aromatic heterocycles. The molecule has 2 atom stereocenters. The van der Waals surface area contributed by atoms with Gasteiger partial charge >= 0.3 is 18.0 Å². The number of carboxylic acid groups (broad SMARTS) is 1. The number of fused-ring (bicyclic) bond motifs is 1. The molecule has 10 heteroatoms. The Kier molecular flexibility index (Phi) is 12.0. The molecule has 0 unspecified atom stereocenters. The first-order chi connectivity index (χ1) is 20.9. The van der Waals surface area contributed by atoms with Crippen LogP contribution in [0.3, 0.4) is 0 Å². The van der Waals surface area contributed by atoms with E-state index in [0.29, 0.717) is 64.0 Å². The maximum absolute atomic E-state index is 13.3. The van der Waals surface area contributed by atoms with Gasteiger partial charge in [-0.25, -0.2) is 4.79 Å². The Morgan fingerprint density at radius 2 is 1.70 bits per heavy atom. The summed E-state index contributed by atoms with van der Waals surface area (Å²) in [6, 6.07) is 16.5. The number of unbranched alkanes of at least 4 members (excludes halogenated alkanes) is 1. The van der Waals surface area contributed by atoms with E-state index >= 15 is 0 Å². The topological polar surface area (TPSA) is 125 Å². The van der Waals surface area contributed by atoms with Crippen molar-refractivity contribution in [2.75, 3.05) is 37.7 Å². The molecule has 2 amide bonds. The number of carbonyl (C=O) groups excluding carboxylic acids is 3. The number of carboxylic acids is 1. The first-order valence-corrected chi connectivity index (χ1v) is 15.3. The van der Waals surface area contributed by atoms with E-state index in [1.54, 1.807) is 17.9 Å². The van der Waals surface area contributed by atoms with Crippen molar-refractivity contribution in [3.63, 3.8) is 0 Å². The van der Waals surface area contributed by atoms with Crippen molar-refractivity contribution in [2.24, 2.45) is 11.8 Å². The van der Waals surface area contributed by atoms with Crippen molar-refractivity contribution in [1.82, 2.24) is 10.2 Å². The normalized spacial score (nSPS) is 18.0. The predicted octanol–water partition coefficient (Wildman–Crippen LogP) is 4.41. The Labute approximate surface area is 253 Å². The highest BCUT2D eigenvalue weighted by Crippen LogP contribution is 2.31. The monoisotopic (exact) mass is 593 g/mol. The average molecular weight is 594 g/mol. The molecule has 43 heavy (non-hydrogen) atoms. The summed E-state index contributed by atoms with van der Waals surface area (Å²) in [6.45, 7) is 3.63. The third-order valence-electron chi connectivity index (χ3n) is 8.34. The number of aliphatic carboxylic acids is 1. The zero-order valence-corrected chi connectivity index (χ0v) is 24.9. The molecule has 2 aliphatic rings. The zero-order chi connectivity index (χ0) is 30.6. The molecule has 2 N–H and O–H groups in total. The van der Waals surface area contributed by atoms with Gasteiger partial charge in [0.15, 0.2) is 0 Å². The molecule has 0 aliphatic carbocycles. The lowest BCUT2D eigenvalue weighted by atomic mass is 9.81. The number of amides is 2. The minimum atomic E-state index is -1.05. The second kappa shape index (κ2) is 16.1. The van der Waals surface area contributed by atoms with Crippen LogP contribution in [0.4, 0.5) is 10.5 Å². The highest BCUT2D eigenvalue weighted by atomic mass is 16.6. The van der Waals surface area contributed by atoms with Crippen molar-refractivity contribution in [3.8, 4) is 0 Å². The second-order valence-corrected chi connectivity index (χ2v) is 11.2. The minimum Gasteiger partial charge on any atom is -0.480 e. The number of esters is 1. The standard InChI is InChI=1S/C33H43N3O7/c1-2-42-32(40)27(25-17-20-35(21-18-25)33(41)43-23-24-10-4-3-5-11-24)13-8-9-19-34-28-16-15-26-12-6-7-14-29(26)36(31(28)39)22-30(37)38/h3-7,10-12,14,25,27-28,34H,2,8-9,13,15-23H2,1H3,(H,37,38)/t27-,28-/m0/s1. The van der Waals surface area contributed by atoms with Gasteiger partial charge in [-0.05, 0) is 75.1 Å². The summed E-state index contributed by atoms with van der Waals surface area (Å²) in [4.78, 5) is 53.3. The molecule has 1 fully saturated rings. The lowest BCUT2D eigenvalue weighted by molar-refractivity contribution is -0.151. The number of benzene rings is 2. The Balaban J connectivity index is 1.24. The van der Waals surface area contributed by atoms with Crippen molar-refractivity contribution in [1.29, 1.82) is 0 Å². The van der Waals surface area contributed by atoms with E-state index in [4.69, 9.17) is 9.47 Å². The highest BCUT2D eigenvalue weighted by molar-refractivity contribution is 6.01. The van der Waals surface area contributed by atoms with Crippen LogP contribution in [0, 0.1) is 11.8 Å². The number of hydrogen-bond donors (Lipinski definition) is 2. The van der Waals surface area contributed by atoms with Crippen molar-refractivity contribution >= 4 is 29.6 Å². The fourth-order valence-electron chi connectivity index (χ4n) is 6.06. The number of likely N-dealkylation sites (tertiary alicyclic amines) is 1. The predicted molar refractivity (Wildman–Crippen MR) is 161 cm³/mol. The second-order valence-electron chi connectivity index (χ2n) is 11.2. The van der Waals surface area contributed by atoms with Crippen LogP contribution < -0.4 is 10.2 Å². The Morgan fingerprint density at radius 3 is 2.42 bits per heavy atom. The molecule has 232 valence electrons. The smallest absolute Gasteiger partial charge is 0.410 e. The summed E-state index contributed by atoms with van der Waals surface area (Å²) >= 11 is 0. The lowest BCUT2D eigenvalue weighted by Gasteiger charge is -2.34. The van der Waals surface area contributed by atoms with Crippen LogP contribution in [0.2, 0.25) is 0 Å². The first-order valence-electron chi connectivity index (χ1n) is 15.3. The third kappa shape index (κ3) is 9.03. The summed E-state index contributed by atoms with van der Waals surface area (Å²) in [7, 11) is 0. The van der Waals surface area contributed by atoms with Gasteiger partial charge in [0.1, 0.15) is 13.2 Å². The van der Waals surface area contributed by atoms with E-state index in [2.05, 4.69) is 5.32 Å². The number of nitrogens with zero attached hydrogens (tertiary/aromatic N) is 2. The number of rotatable bonds is 13. The van der Waals surface area contributed by atoms with Gasteiger partial charge in [-0.15, -0.1) is 0 Å². The van der Waals surface area contributed by atoms with Crippen molar-refractivity contribution < 1.29 is 33.8 Å². The number of carbonyl (C=O) groups is 4. The largest absolute Gasteiger partial charge is 0.480 e. The van der Waals surface area contributed by atoms with E-state index in [-0.39, 0.29) is 43.0 Å². The van der Waals surface area contributed by atoms with E-state index in [1.165, 1.54) is 4.90 Å². The van der Waals surface area contributed by atoms with Gasteiger partial charge in [0.05, 0.1) is 18.6 Å². The number of para-hydroxylation sites is 1. The Bertz CT molecular complexity index is 1230. The number of anilines is 1. The fraction of sp³-hybridized carbons (Fsp3) is 0.515. The van der Waals surface area contributed by atoms with Gasteiger partial charge in [0.25, 0.3) is 0 Å². The number of ether oxygens (including phenoxy) is 2. The number of aryl methyl sites for hydroxylation is 1. The molecule has 0 spiro atoms. The van der Waals surface area contributed by atoms with Crippen LogP contribution in [0.1, 0.15) is 56.6 Å². The molecule has 10 nitrogen and oxygen atoms in total. The number of piperidine rings is 1. The van der Waals surface area contributed by atoms with Crippen molar-refractivity contribution in [3.05, 3.63) is 65.7 Å². The molecule has 2 heterocycles. The maximum atomic E-state index is 13.3. The van der Waals surface area contributed by atoms with Gasteiger partial charge in [-0.3, -0.25) is 19.3 Å². The summed E-state index contributed by atoms with van der Waals surface area (Å²) in [5, 5.41) is 12.7. The Morgan fingerprint density at radius 1 is 0.977 bits per heavy atom. The molecule has 2 aromatic rings. The molecule has 1 saturated heterocycles. The summed E-state index contributed by atoms with van der Waals surface area (Å²) in [5.41, 5.74) is 2.56. The summed E-state index contributed by atoms with van der Waals surface area (Å²) in [5.74, 6) is -1.60. The zero-order valence-electron chi connectivity index (χ0n) is 24.9. The minimum absolute atomic E-state index is 0.122. The fourth-order valence-corrected chi connectivity index (χ4v) is 6.06. The van der Waals surface area contributed by atoms with E-state index in [9.17, 15) is 24.3 Å². The average Bonchev–Trinajstić information content (AvgIpc) is 3.14. The van der Waals surface area contributed by atoms with E-state index < -0.39 is 12.0 Å². The summed E-state index contributed by atoms with van der Waals surface area (Å²) in [6.07, 6.45) is 4.55. The van der Waals surface area contributed by atoms with Crippen LogP contribution in [0.5, 0.6) is 0 Å². The molecule has 0 saturated carbocycles. The van der Waals surface area contributed by atoms with Crippen LogP contribution in [-0.2, 0) is 36.9 Å². The van der Waals surface area contributed by atoms with Gasteiger partial charge in [0, 0.05) is 18.8 Å². The van der Waals surface area contributed by atoms with Gasteiger partial charge in [0.2, 0.25) is 5.91 Å². The van der Waals surface area contributed by atoms with E-state index in [1.807, 2.05) is 48.5 Å². The van der Waals surface area contributed by atoms with Gasteiger partial charge in [-0.1, -0.05) is 55.0 Å². The van der Waals surface area contributed by atoms with Crippen LogP contribution >= 0.6 is 0 Å². The quantitative estimate of drug-likeness (QED) is 0.259. The molecule has 4 rings (SSSR count). The number of hydrogen-bond acceptors (Lipinski definition) is 7. The molecular weight excluding hydrogens is 550 g/mol. The lowest BCUT2D eigenvalue weighted by Crippen LogP contribution is -2.47. The summed E-state index contributed by atoms with van der Waals surface area (Å²) < 4.78 is 10.9. The molecule has 0 radical (unpaired) electrons. The van der Waals surface area contributed by atoms with Crippen LogP contribution in [0.15, 0.2) is 54.6 Å². The Hall–Kier alpha value is -3.92. The molecule has 0 bridgehead atoms. The SMILES string of the molecule is CCOC(=O)[C@@H](CCCCN[C@H]1CCc2ccccc2N(CC(=O)O)C1=O)C1CCN(C(=O)OCc2ccccc2)CC1. The van der Waals surface area contributed by atoms with E-state index in [0.717, 1.165) is 24.0 Å². The van der Waals surface area contributed by atoms with Crippen molar-refractivity contribution in [2.45, 2.75) is 64.5 Å². The maximum Gasteiger partial charge on any atom is 0.410 e. The number of nitrogens with one attached hydrogen (secondary N) is 1. The third-order valence-corrected chi connectivity index (χ3v) is 8.34. The van der Waals surface area contributed by atoms with Gasteiger partial charge < -0.3 is 24.8 Å². The first kappa shape index (κ1) is 32.0. The highest BCUT2D eigenvalue weighted by Gasteiger charge is 2.34. The molecule has 2 aromatic carbocycles. The van der Waals surface area contributed by atoms with Gasteiger partial charge in [-0.2, -0.15) is 0 Å². The molecular formula is C33H43N3O7. The van der Waals surface area contributed by atoms with Crippen LogP contribution in [-0.4, -0.2) is 72.8 Å². The molecule has 2 aliphatic heterocycles. The van der Waals surface area contributed by atoms with Crippen LogP contribution in [0.25, 0.3) is 0 Å².